The summed E-state index contributed by atoms with van der Waals surface area (Å²) in [6.45, 7) is 0. The van der Waals surface area contributed by atoms with Gasteiger partial charge in [0.25, 0.3) is 0 Å². The minimum Gasteiger partial charge on any atom is -0.481 e. The Morgan fingerprint density at radius 3 is 2.77 bits per heavy atom. The standard InChI is InChI=1S/C9H10ClNO2/c1-13-8-6(9(12)4-5-9)2-3-7(10)11-8/h2-3,12H,4-5H2,1H3. The van der Waals surface area contributed by atoms with Gasteiger partial charge >= 0.3 is 0 Å². The van der Waals surface area contributed by atoms with Crippen molar-refractivity contribution in [3.63, 3.8) is 0 Å². The van der Waals surface area contributed by atoms with Crippen molar-refractivity contribution in [2.75, 3.05) is 7.11 Å². The van der Waals surface area contributed by atoms with Gasteiger partial charge in [0.05, 0.1) is 12.7 Å². The molecule has 1 N–H and O–H groups in total. The Morgan fingerprint density at radius 1 is 1.54 bits per heavy atom. The Balaban J connectivity index is 2.45. The second-order valence-corrected chi connectivity index (χ2v) is 3.61. The lowest BCUT2D eigenvalue weighted by Crippen LogP contribution is -2.07. The highest BCUT2D eigenvalue weighted by Gasteiger charge is 2.44. The van der Waals surface area contributed by atoms with Crippen molar-refractivity contribution in [2.45, 2.75) is 18.4 Å². The molecule has 1 fully saturated rings. The highest BCUT2D eigenvalue weighted by atomic mass is 35.5. The first-order valence-corrected chi connectivity index (χ1v) is 4.47. The third-order valence-corrected chi connectivity index (χ3v) is 2.46. The predicted molar refractivity (Wildman–Crippen MR) is 48.9 cm³/mol. The molecule has 0 radical (unpaired) electrons. The number of aromatic nitrogens is 1. The Bertz CT molecular complexity index is 336. The highest BCUT2D eigenvalue weighted by Crippen LogP contribution is 2.48. The third kappa shape index (κ3) is 1.49. The molecule has 1 aromatic rings. The van der Waals surface area contributed by atoms with Crippen molar-refractivity contribution >= 4 is 11.6 Å². The van der Waals surface area contributed by atoms with Crippen LogP contribution in [0.25, 0.3) is 0 Å². The second-order valence-electron chi connectivity index (χ2n) is 3.22. The summed E-state index contributed by atoms with van der Waals surface area (Å²) in [5.41, 5.74) is 0.0162. The van der Waals surface area contributed by atoms with E-state index >= 15 is 0 Å². The number of halogens is 1. The van der Waals surface area contributed by atoms with E-state index in [0.717, 1.165) is 18.4 Å². The fraction of sp³-hybridized carbons (Fsp3) is 0.444. The van der Waals surface area contributed by atoms with Crippen LogP contribution in [-0.2, 0) is 5.60 Å². The minimum atomic E-state index is -0.719. The van der Waals surface area contributed by atoms with E-state index in [-0.39, 0.29) is 0 Å². The fourth-order valence-electron chi connectivity index (χ4n) is 1.32. The van der Waals surface area contributed by atoms with Crippen LogP contribution in [0.1, 0.15) is 18.4 Å². The molecule has 0 atom stereocenters. The topological polar surface area (TPSA) is 42.4 Å². The Kier molecular flexibility index (Phi) is 1.93. The Hall–Kier alpha value is -0.800. The van der Waals surface area contributed by atoms with Crippen LogP contribution >= 0.6 is 11.6 Å². The predicted octanol–water partition coefficient (Wildman–Crippen LogP) is 1.72. The molecule has 4 heteroatoms. The van der Waals surface area contributed by atoms with E-state index in [1.54, 1.807) is 12.1 Å². The summed E-state index contributed by atoms with van der Waals surface area (Å²) in [5.74, 6) is 0.424. The van der Waals surface area contributed by atoms with Crippen LogP contribution < -0.4 is 4.74 Å². The van der Waals surface area contributed by atoms with Crippen LogP contribution in [0.3, 0.4) is 0 Å². The zero-order valence-corrected chi connectivity index (χ0v) is 8.01. The van der Waals surface area contributed by atoms with Crippen molar-refractivity contribution in [1.82, 2.24) is 4.98 Å². The van der Waals surface area contributed by atoms with Gasteiger partial charge in [-0.15, -0.1) is 0 Å². The lowest BCUT2D eigenvalue weighted by atomic mass is 10.1. The van der Waals surface area contributed by atoms with Gasteiger partial charge in [-0.25, -0.2) is 4.98 Å². The van der Waals surface area contributed by atoms with Crippen molar-refractivity contribution in [3.8, 4) is 5.88 Å². The molecule has 0 aliphatic heterocycles. The number of nitrogens with zero attached hydrogens (tertiary/aromatic N) is 1. The van der Waals surface area contributed by atoms with E-state index in [9.17, 15) is 5.11 Å². The number of aliphatic hydroxyl groups is 1. The lowest BCUT2D eigenvalue weighted by molar-refractivity contribution is 0.146. The second kappa shape index (κ2) is 2.86. The zero-order chi connectivity index (χ0) is 9.47. The van der Waals surface area contributed by atoms with Crippen molar-refractivity contribution in [1.29, 1.82) is 0 Å². The SMILES string of the molecule is COc1nc(Cl)ccc1C1(O)CC1. The molecule has 1 aliphatic carbocycles. The summed E-state index contributed by atoms with van der Waals surface area (Å²) < 4.78 is 5.04. The van der Waals surface area contributed by atoms with Crippen LogP contribution in [-0.4, -0.2) is 17.2 Å². The van der Waals surface area contributed by atoms with E-state index < -0.39 is 5.60 Å². The quantitative estimate of drug-likeness (QED) is 0.738. The molecule has 0 aromatic carbocycles. The maximum absolute atomic E-state index is 9.84. The molecule has 0 unspecified atom stereocenters. The molecule has 70 valence electrons. The van der Waals surface area contributed by atoms with Crippen LogP contribution in [0.2, 0.25) is 5.15 Å². The average Bonchev–Trinajstić information content (AvgIpc) is 2.84. The number of methoxy groups -OCH3 is 1. The van der Waals surface area contributed by atoms with Gasteiger partial charge in [0, 0.05) is 5.56 Å². The van der Waals surface area contributed by atoms with Crippen LogP contribution in [0.4, 0.5) is 0 Å². The van der Waals surface area contributed by atoms with Crippen LogP contribution in [0.5, 0.6) is 5.88 Å². The van der Waals surface area contributed by atoms with Crippen molar-refractivity contribution in [3.05, 3.63) is 22.8 Å². The Labute approximate surface area is 81.3 Å². The van der Waals surface area contributed by atoms with Gasteiger partial charge in [-0.05, 0) is 25.0 Å². The molecule has 0 saturated heterocycles. The largest absolute Gasteiger partial charge is 0.481 e. The van der Waals surface area contributed by atoms with Crippen LogP contribution in [0, 0.1) is 0 Å². The van der Waals surface area contributed by atoms with Gasteiger partial charge in [0.1, 0.15) is 5.15 Å². The first-order chi connectivity index (χ1) is 6.15. The van der Waals surface area contributed by atoms with Crippen molar-refractivity contribution in [2.24, 2.45) is 0 Å². The van der Waals surface area contributed by atoms with Gasteiger partial charge in [0.2, 0.25) is 5.88 Å². The summed E-state index contributed by atoms with van der Waals surface area (Å²) in [5, 5.41) is 10.2. The van der Waals surface area contributed by atoms with Gasteiger partial charge in [-0.3, -0.25) is 0 Å². The van der Waals surface area contributed by atoms with Gasteiger partial charge < -0.3 is 9.84 Å². The first kappa shape index (κ1) is 8.78. The molecule has 1 aliphatic rings. The number of hydrogen-bond donors (Lipinski definition) is 1. The smallest absolute Gasteiger partial charge is 0.220 e. The maximum Gasteiger partial charge on any atom is 0.220 e. The number of pyridine rings is 1. The van der Waals surface area contributed by atoms with Crippen LogP contribution in [0.15, 0.2) is 12.1 Å². The highest BCUT2D eigenvalue weighted by molar-refractivity contribution is 6.29. The normalized spacial score (nSPS) is 18.4. The monoisotopic (exact) mass is 199 g/mol. The third-order valence-electron chi connectivity index (χ3n) is 2.24. The van der Waals surface area contributed by atoms with E-state index in [1.807, 2.05) is 0 Å². The Morgan fingerprint density at radius 2 is 2.23 bits per heavy atom. The molecule has 1 heterocycles. The van der Waals surface area contributed by atoms with E-state index in [2.05, 4.69) is 4.98 Å². The summed E-state index contributed by atoms with van der Waals surface area (Å²) in [4.78, 5) is 3.98. The number of rotatable bonds is 2. The molecular formula is C9H10ClNO2. The van der Waals surface area contributed by atoms with E-state index in [0.29, 0.717) is 11.0 Å². The minimum absolute atomic E-state index is 0.379. The van der Waals surface area contributed by atoms with E-state index in [4.69, 9.17) is 16.3 Å². The number of hydrogen-bond acceptors (Lipinski definition) is 3. The molecule has 3 nitrogen and oxygen atoms in total. The molecular weight excluding hydrogens is 190 g/mol. The van der Waals surface area contributed by atoms with Gasteiger partial charge in [0.15, 0.2) is 0 Å². The van der Waals surface area contributed by atoms with Crippen molar-refractivity contribution < 1.29 is 9.84 Å². The summed E-state index contributed by atoms with van der Waals surface area (Å²) >= 11 is 5.69. The molecule has 13 heavy (non-hydrogen) atoms. The summed E-state index contributed by atoms with van der Waals surface area (Å²) in [6.07, 6.45) is 1.54. The zero-order valence-electron chi connectivity index (χ0n) is 7.25. The average molecular weight is 200 g/mol. The lowest BCUT2D eigenvalue weighted by Gasteiger charge is -2.11. The van der Waals surface area contributed by atoms with Gasteiger partial charge in [-0.1, -0.05) is 11.6 Å². The fourth-order valence-corrected chi connectivity index (χ4v) is 1.46. The molecule has 1 saturated carbocycles. The molecule has 2 rings (SSSR count). The molecule has 1 aromatic heterocycles. The maximum atomic E-state index is 9.84. The number of ether oxygens (including phenoxy) is 1. The van der Waals surface area contributed by atoms with Gasteiger partial charge in [-0.2, -0.15) is 0 Å². The molecule has 0 bridgehead atoms. The van der Waals surface area contributed by atoms with E-state index in [1.165, 1.54) is 7.11 Å². The first-order valence-electron chi connectivity index (χ1n) is 4.09. The summed E-state index contributed by atoms with van der Waals surface area (Å²) in [7, 11) is 1.52. The molecule has 0 amide bonds. The summed E-state index contributed by atoms with van der Waals surface area (Å²) in [6, 6.07) is 3.43. The molecule has 0 spiro atoms.